The predicted molar refractivity (Wildman–Crippen MR) is 67.6 cm³/mol. The van der Waals surface area contributed by atoms with Crippen molar-refractivity contribution in [3.8, 4) is 0 Å². The zero-order valence-corrected chi connectivity index (χ0v) is 10.7. The highest BCUT2D eigenvalue weighted by molar-refractivity contribution is 6.29. The van der Waals surface area contributed by atoms with Gasteiger partial charge < -0.3 is 4.74 Å². The zero-order chi connectivity index (χ0) is 12.4. The van der Waals surface area contributed by atoms with Gasteiger partial charge in [-0.3, -0.25) is 4.90 Å². The molecular weight excluding hydrogens is 254 g/mol. The Balaban J connectivity index is 1.72. The average Bonchev–Trinajstić information content (AvgIpc) is 2.80. The minimum Gasteiger partial charge on any atom is -0.379 e. The van der Waals surface area contributed by atoms with Gasteiger partial charge in [-0.05, 0) is 0 Å². The van der Waals surface area contributed by atoms with Crippen LogP contribution in [0.4, 0.5) is 0 Å². The lowest BCUT2D eigenvalue weighted by Gasteiger charge is -2.26. The van der Waals surface area contributed by atoms with E-state index in [0.29, 0.717) is 5.15 Å². The summed E-state index contributed by atoms with van der Waals surface area (Å²) in [5.74, 6) is 0. The molecule has 0 amide bonds. The van der Waals surface area contributed by atoms with Crippen molar-refractivity contribution in [1.29, 1.82) is 0 Å². The summed E-state index contributed by atoms with van der Waals surface area (Å²) < 4.78 is 7.17. The Kier molecular flexibility index (Phi) is 3.40. The number of rotatable bonds is 3. The molecular formula is C11H14ClN5O. The SMILES string of the molecule is Clc1cnc2cnn(CCN3CCOCC3)c2n1. The van der Waals surface area contributed by atoms with Crippen LogP contribution in [0, 0.1) is 0 Å². The Morgan fingerprint density at radius 3 is 2.89 bits per heavy atom. The quantitative estimate of drug-likeness (QED) is 0.824. The third-order valence-corrected chi connectivity index (χ3v) is 3.23. The lowest BCUT2D eigenvalue weighted by Crippen LogP contribution is -2.38. The van der Waals surface area contributed by atoms with E-state index in [-0.39, 0.29) is 0 Å². The van der Waals surface area contributed by atoms with Crippen LogP contribution in [0.1, 0.15) is 0 Å². The number of halogens is 1. The van der Waals surface area contributed by atoms with Crippen molar-refractivity contribution in [3.63, 3.8) is 0 Å². The molecule has 18 heavy (non-hydrogen) atoms. The maximum absolute atomic E-state index is 5.85. The second kappa shape index (κ2) is 5.17. The van der Waals surface area contributed by atoms with Crippen LogP contribution in [0.3, 0.4) is 0 Å². The van der Waals surface area contributed by atoms with Crippen LogP contribution in [0.5, 0.6) is 0 Å². The molecule has 6 nitrogen and oxygen atoms in total. The van der Waals surface area contributed by atoms with Crippen molar-refractivity contribution < 1.29 is 4.74 Å². The molecule has 1 aliphatic heterocycles. The first-order valence-electron chi connectivity index (χ1n) is 5.97. The zero-order valence-electron chi connectivity index (χ0n) is 9.92. The van der Waals surface area contributed by atoms with Gasteiger partial charge in [0.05, 0.1) is 32.2 Å². The van der Waals surface area contributed by atoms with Gasteiger partial charge in [0.2, 0.25) is 0 Å². The smallest absolute Gasteiger partial charge is 0.178 e. The van der Waals surface area contributed by atoms with Crippen LogP contribution in [-0.4, -0.2) is 57.5 Å². The van der Waals surface area contributed by atoms with Crippen LogP contribution in [-0.2, 0) is 11.3 Å². The molecule has 0 aromatic carbocycles. The van der Waals surface area contributed by atoms with Crippen LogP contribution >= 0.6 is 11.6 Å². The Labute approximate surface area is 110 Å². The highest BCUT2D eigenvalue weighted by Crippen LogP contribution is 2.11. The molecule has 0 spiro atoms. The molecule has 1 saturated heterocycles. The summed E-state index contributed by atoms with van der Waals surface area (Å²) in [5, 5.41) is 4.69. The van der Waals surface area contributed by atoms with E-state index in [1.165, 1.54) is 6.20 Å². The van der Waals surface area contributed by atoms with Crippen LogP contribution in [0.25, 0.3) is 11.2 Å². The Morgan fingerprint density at radius 2 is 2.06 bits per heavy atom. The minimum absolute atomic E-state index is 0.399. The molecule has 0 N–H and O–H groups in total. The van der Waals surface area contributed by atoms with Gasteiger partial charge in [0.25, 0.3) is 0 Å². The summed E-state index contributed by atoms with van der Waals surface area (Å²) in [6.45, 7) is 5.31. The molecule has 2 aromatic heterocycles. The first-order chi connectivity index (χ1) is 8.83. The van der Waals surface area contributed by atoms with E-state index in [2.05, 4.69) is 20.0 Å². The lowest BCUT2D eigenvalue weighted by atomic mass is 10.4. The molecule has 1 fully saturated rings. The highest BCUT2D eigenvalue weighted by atomic mass is 35.5. The van der Waals surface area contributed by atoms with E-state index in [1.807, 2.05) is 4.68 Å². The number of hydrogen-bond donors (Lipinski definition) is 0. The van der Waals surface area contributed by atoms with E-state index < -0.39 is 0 Å². The van der Waals surface area contributed by atoms with Gasteiger partial charge >= 0.3 is 0 Å². The molecule has 3 heterocycles. The van der Waals surface area contributed by atoms with Crippen molar-refractivity contribution in [2.45, 2.75) is 6.54 Å². The normalized spacial score (nSPS) is 17.4. The van der Waals surface area contributed by atoms with E-state index in [4.69, 9.17) is 16.3 Å². The van der Waals surface area contributed by atoms with Gasteiger partial charge in [-0.1, -0.05) is 11.6 Å². The van der Waals surface area contributed by atoms with E-state index in [9.17, 15) is 0 Å². The van der Waals surface area contributed by atoms with Gasteiger partial charge in [0.15, 0.2) is 5.65 Å². The second-order valence-corrected chi connectivity index (χ2v) is 4.61. The Bertz CT molecular complexity index is 537. The number of ether oxygens (including phenoxy) is 1. The van der Waals surface area contributed by atoms with Gasteiger partial charge in [-0.25, -0.2) is 14.6 Å². The first-order valence-corrected chi connectivity index (χ1v) is 6.35. The summed E-state index contributed by atoms with van der Waals surface area (Å²) in [4.78, 5) is 10.8. The maximum Gasteiger partial charge on any atom is 0.178 e. The highest BCUT2D eigenvalue weighted by Gasteiger charge is 2.11. The molecule has 7 heteroatoms. The van der Waals surface area contributed by atoms with E-state index >= 15 is 0 Å². The van der Waals surface area contributed by atoms with Crippen LogP contribution in [0.15, 0.2) is 12.4 Å². The lowest BCUT2D eigenvalue weighted by molar-refractivity contribution is 0.0361. The monoisotopic (exact) mass is 267 g/mol. The molecule has 0 radical (unpaired) electrons. The summed E-state index contributed by atoms with van der Waals surface area (Å²) in [5.41, 5.74) is 1.53. The van der Waals surface area contributed by atoms with E-state index in [1.54, 1.807) is 6.20 Å². The van der Waals surface area contributed by atoms with Gasteiger partial charge in [-0.2, -0.15) is 5.10 Å². The molecule has 1 aliphatic rings. The first kappa shape index (κ1) is 11.8. The minimum atomic E-state index is 0.399. The molecule has 2 aromatic rings. The number of morpholine rings is 1. The van der Waals surface area contributed by atoms with Crippen molar-refractivity contribution in [1.82, 2.24) is 24.6 Å². The van der Waals surface area contributed by atoms with Gasteiger partial charge in [-0.15, -0.1) is 0 Å². The fraction of sp³-hybridized carbons (Fsp3) is 0.545. The topological polar surface area (TPSA) is 56.1 Å². The standard InChI is InChI=1S/C11H14ClN5O/c12-10-8-13-9-7-14-17(11(9)15-10)2-1-16-3-5-18-6-4-16/h7-8H,1-6H2. The summed E-state index contributed by atoms with van der Waals surface area (Å²) in [7, 11) is 0. The van der Waals surface area contributed by atoms with E-state index in [0.717, 1.165) is 50.6 Å². The Hall–Kier alpha value is -1.24. The largest absolute Gasteiger partial charge is 0.379 e. The Morgan fingerprint density at radius 1 is 1.22 bits per heavy atom. The molecule has 0 bridgehead atoms. The molecule has 0 unspecified atom stereocenters. The fourth-order valence-corrected chi connectivity index (χ4v) is 2.18. The molecule has 0 aliphatic carbocycles. The van der Waals surface area contributed by atoms with Crippen molar-refractivity contribution in [3.05, 3.63) is 17.5 Å². The van der Waals surface area contributed by atoms with Crippen LogP contribution < -0.4 is 0 Å². The van der Waals surface area contributed by atoms with Crippen molar-refractivity contribution in [2.75, 3.05) is 32.8 Å². The third kappa shape index (κ3) is 2.45. The van der Waals surface area contributed by atoms with Crippen molar-refractivity contribution in [2.24, 2.45) is 0 Å². The van der Waals surface area contributed by atoms with Crippen molar-refractivity contribution >= 4 is 22.8 Å². The third-order valence-electron chi connectivity index (χ3n) is 3.05. The predicted octanol–water partition coefficient (Wildman–Crippen LogP) is 0.812. The maximum atomic E-state index is 5.85. The summed E-state index contributed by atoms with van der Waals surface area (Å²) in [6, 6.07) is 0. The molecule has 0 saturated carbocycles. The van der Waals surface area contributed by atoms with Gasteiger partial charge in [0, 0.05) is 19.6 Å². The number of nitrogens with zero attached hydrogens (tertiary/aromatic N) is 5. The fourth-order valence-electron chi connectivity index (χ4n) is 2.05. The van der Waals surface area contributed by atoms with Gasteiger partial charge in [0.1, 0.15) is 10.7 Å². The summed E-state index contributed by atoms with van der Waals surface area (Å²) in [6.07, 6.45) is 3.26. The number of hydrogen-bond acceptors (Lipinski definition) is 5. The second-order valence-electron chi connectivity index (χ2n) is 4.22. The molecule has 0 atom stereocenters. The number of fused-ring (bicyclic) bond motifs is 1. The molecule has 96 valence electrons. The molecule has 3 rings (SSSR count). The number of aromatic nitrogens is 4. The van der Waals surface area contributed by atoms with Crippen LogP contribution in [0.2, 0.25) is 5.15 Å². The summed E-state index contributed by atoms with van der Waals surface area (Å²) >= 11 is 5.85. The average molecular weight is 268 g/mol.